The van der Waals surface area contributed by atoms with Crippen molar-refractivity contribution in [1.82, 2.24) is 24.5 Å². The molecule has 0 bridgehead atoms. The van der Waals surface area contributed by atoms with Crippen molar-refractivity contribution in [3.8, 4) is 11.4 Å². The molecule has 0 radical (unpaired) electrons. The number of rotatable bonds is 6. The average molecular weight is 438 g/mol. The molecule has 1 aliphatic rings. The molecule has 0 N–H and O–H groups in total. The quantitative estimate of drug-likeness (QED) is 0.418. The standard InChI is InChI=1S/C21H22N6O5/c1-15-2-4-16(5-3-15)21-22-18(32-23-21)13-24-8-10-25(11-9-24)20(29)14-26-12-17(27(30)31)6-7-19(26)28/h2-7,12H,8-11,13-14H2,1H3. The van der Waals surface area contributed by atoms with E-state index in [0.29, 0.717) is 44.4 Å². The second-order valence-electron chi connectivity index (χ2n) is 7.65. The maximum Gasteiger partial charge on any atom is 0.285 e. The van der Waals surface area contributed by atoms with Crippen molar-refractivity contribution in [2.45, 2.75) is 20.0 Å². The van der Waals surface area contributed by atoms with Gasteiger partial charge in [0.1, 0.15) is 6.54 Å². The maximum atomic E-state index is 12.6. The Hall–Kier alpha value is -3.86. The van der Waals surface area contributed by atoms with E-state index in [2.05, 4.69) is 15.0 Å². The Bertz CT molecular complexity index is 1180. The molecule has 0 unspecified atom stereocenters. The van der Waals surface area contributed by atoms with E-state index in [4.69, 9.17) is 4.52 Å². The van der Waals surface area contributed by atoms with Gasteiger partial charge in [-0.15, -0.1) is 0 Å². The molecule has 11 nitrogen and oxygen atoms in total. The zero-order valence-electron chi connectivity index (χ0n) is 17.5. The van der Waals surface area contributed by atoms with Crippen molar-refractivity contribution in [1.29, 1.82) is 0 Å². The van der Waals surface area contributed by atoms with E-state index >= 15 is 0 Å². The first-order chi connectivity index (χ1) is 15.4. The molecule has 4 rings (SSSR count). The molecule has 1 aliphatic heterocycles. The van der Waals surface area contributed by atoms with E-state index in [1.54, 1.807) is 4.90 Å². The fourth-order valence-electron chi connectivity index (χ4n) is 3.48. The Morgan fingerprint density at radius 1 is 1.12 bits per heavy atom. The molecule has 3 heterocycles. The second-order valence-corrected chi connectivity index (χ2v) is 7.65. The van der Waals surface area contributed by atoms with E-state index in [0.717, 1.165) is 34.0 Å². The molecule has 1 amide bonds. The minimum atomic E-state index is -0.596. The van der Waals surface area contributed by atoms with E-state index in [1.807, 2.05) is 31.2 Å². The summed E-state index contributed by atoms with van der Waals surface area (Å²) in [7, 11) is 0. The Morgan fingerprint density at radius 2 is 1.84 bits per heavy atom. The first-order valence-electron chi connectivity index (χ1n) is 10.1. The summed E-state index contributed by atoms with van der Waals surface area (Å²) in [6.07, 6.45) is 1.09. The molecule has 0 atom stereocenters. The number of aryl methyl sites for hydroxylation is 1. The number of hydrogen-bond acceptors (Lipinski definition) is 8. The molecule has 32 heavy (non-hydrogen) atoms. The van der Waals surface area contributed by atoms with E-state index in [1.165, 1.54) is 0 Å². The van der Waals surface area contributed by atoms with E-state index < -0.39 is 10.5 Å². The van der Waals surface area contributed by atoms with Gasteiger partial charge in [0.05, 0.1) is 17.7 Å². The topological polar surface area (TPSA) is 128 Å². The number of hydrogen-bond donors (Lipinski definition) is 0. The van der Waals surface area contributed by atoms with Crippen LogP contribution in [0.25, 0.3) is 11.4 Å². The number of amides is 1. The van der Waals surface area contributed by atoms with Crippen LogP contribution in [0.4, 0.5) is 5.69 Å². The Labute approximate surface area is 183 Å². The minimum absolute atomic E-state index is 0.230. The maximum absolute atomic E-state index is 12.6. The van der Waals surface area contributed by atoms with Gasteiger partial charge in [0, 0.05) is 43.9 Å². The molecule has 11 heteroatoms. The van der Waals surface area contributed by atoms with Gasteiger partial charge in [0.2, 0.25) is 17.6 Å². The smallest absolute Gasteiger partial charge is 0.285 e. The highest BCUT2D eigenvalue weighted by Crippen LogP contribution is 2.17. The van der Waals surface area contributed by atoms with Gasteiger partial charge in [-0.3, -0.25) is 29.2 Å². The zero-order chi connectivity index (χ0) is 22.7. The molecule has 166 valence electrons. The third-order valence-electron chi connectivity index (χ3n) is 5.35. The van der Waals surface area contributed by atoms with Gasteiger partial charge >= 0.3 is 0 Å². The van der Waals surface area contributed by atoms with Crippen molar-refractivity contribution >= 4 is 11.6 Å². The van der Waals surface area contributed by atoms with Gasteiger partial charge in [-0.1, -0.05) is 35.0 Å². The lowest BCUT2D eigenvalue weighted by molar-refractivity contribution is -0.385. The van der Waals surface area contributed by atoms with Crippen LogP contribution in [0.15, 0.2) is 51.9 Å². The number of carbonyl (C=O) groups is 1. The summed E-state index contributed by atoms with van der Waals surface area (Å²) in [5, 5.41) is 14.9. The molecule has 0 aliphatic carbocycles. The molecular formula is C21H22N6O5. The van der Waals surface area contributed by atoms with Crippen molar-refractivity contribution in [3.05, 3.63) is 74.5 Å². The van der Waals surface area contributed by atoms with Crippen LogP contribution in [0.3, 0.4) is 0 Å². The number of nitro groups is 1. The van der Waals surface area contributed by atoms with Crippen LogP contribution in [0.2, 0.25) is 0 Å². The number of piperazine rings is 1. The molecule has 0 spiro atoms. The fraction of sp³-hybridized carbons (Fsp3) is 0.333. The lowest BCUT2D eigenvalue weighted by Gasteiger charge is -2.34. The summed E-state index contributed by atoms with van der Waals surface area (Å²) in [4.78, 5) is 43.0. The molecular weight excluding hydrogens is 416 g/mol. The van der Waals surface area contributed by atoms with Crippen molar-refractivity contribution in [2.75, 3.05) is 26.2 Å². The highest BCUT2D eigenvalue weighted by atomic mass is 16.6. The monoisotopic (exact) mass is 438 g/mol. The van der Waals surface area contributed by atoms with Crippen LogP contribution in [-0.2, 0) is 17.9 Å². The van der Waals surface area contributed by atoms with Gasteiger partial charge in [-0.2, -0.15) is 4.98 Å². The van der Waals surface area contributed by atoms with Gasteiger partial charge in [0.25, 0.3) is 11.2 Å². The second kappa shape index (κ2) is 9.10. The number of benzene rings is 1. The summed E-state index contributed by atoms with van der Waals surface area (Å²) in [5.74, 6) is 0.784. The molecule has 1 aromatic carbocycles. The van der Waals surface area contributed by atoms with Crippen LogP contribution in [-0.4, -0.2) is 61.5 Å². The Balaban J connectivity index is 1.31. The highest BCUT2D eigenvalue weighted by molar-refractivity contribution is 5.76. The Kier molecular flexibility index (Phi) is 6.08. The molecule has 1 saturated heterocycles. The van der Waals surface area contributed by atoms with Crippen LogP contribution in [0.5, 0.6) is 0 Å². The number of carbonyl (C=O) groups excluding carboxylic acids is 1. The zero-order valence-corrected chi connectivity index (χ0v) is 17.5. The number of pyridine rings is 1. The van der Waals surface area contributed by atoms with Gasteiger partial charge in [-0.05, 0) is 6.92 Å². The fourth-order valence-corrected chi connectivity index (χ4v) is 3.48. The lowest BCUT2D eigenvalue weighted by Crippen LogP contribution is -2.49. The Morgan fingerprint density at radius 3 is 2.53 bits per heavy atom. The van der Waals surface area contributed by atoms with Crippen molar-refractivity contribution in [3.63, 3.8) is 0 Å². The number of nitrogens with zero attached hydrogens (tertiary/aromatic N) is 6. The highest BCUT2D eigenvalue weighted by Gasteiger charge is 2.23. The first kappa shape index (κ1) is 21.4. The van der Waals surface area contributed by atoms with Crippen LogP contribution < -0.4 is 5.56 Å². The van der Waals surface area contributed by atoms with Gasteiger partial charge in [-0.25, -0.2) is 0 Å². The largest absolute Gasteiger partial charge is 0.339 e. The third kappa shape index (κ3) is 4.89. The summed E-state index contributed by atoms with van der Waals surface area (Å²) >= 11 is 0. The van der Waals surface area contributed by atoms with E-state index in [9.17, 15) is 19.7 Å². The molecule has 3 aromatic rings. The van der Waals surface area contributed by atoms with Crippen molar-refractivity contribution < 1.29 is 14.2 Å². The normalized spacial score (nSPS) is 14.5. The summed E-state index contributed by atoms with van der Waals surface area (Å²) in [5.41, 5.74) is 1.35. The minimum Gasteiger partial charge on any atom is -0.339 e. The average Bonchev–Trinajstić information content (AvgIpc) is 3.24. The predicted octanol–water partition coefficient (Wildman–Crippen LogP) is 1.46. The first-order valence-corrected chi connectivity index (χ1v) is 10.1. The molecule has 2 aromatic heterocycles. The lowest BCUT2D eigenvalue weighted by atomic mass is 10.1. The van der Waals surface area contributed by atoms with E-state index in [-0.39, 0.29) is 18.1 Å². The van der Waals surface area contributed by atoms with Crippen LogP contribution in [0.1, 0.15) is 11.5 Å². The molecule has 0 saturated carbocycles. The summed E-state index contributed by atoms with van der Waals surface area (Å²) < 4.78 is 6.44. The molecule has 1 fully saturated rings. The van der Waals surface area contributed by atoms with Gasteiger partial charge < -0.3 is 9.42 Å². The SMILES string of the molecule is Cc1ccc(-c2noc(CN3CCN(C(=O)Cn4cc([N+](=O)[O-])ccc4=O)CC3)n2)cc1. The van der Waals surface area contributed by atoms with Gasteiger partial charge in [0.15, 0.2) is 0 Å². The predicted molar refractivity (Wildman–Crippen MR) is 114 cm³/mol. The summed E-state index contributed by atoms with van der Waals surface area (Å²) in [6, 6.07) is 10.1. The van der Waals surface area contributed by atoms with Crippen LogP contribution >= 0.6 is 0 Å². The summed E-state index contributed by atoms with van der Waals surface area (Å²) in [6.45, 7) is 4.42. The number of aromatic nitrogens is 3. The van der Waals surface area contributed by atoms with Crippen LogP contribution in [0, 0.1) is 17.0 Å². The third-order valence-corrected chi connectivity index (χ3v) is 5.35. The van der Waals surface area contributed by atoms with Crippen molar-refractivity contribution in [2.24, 2.45) is 0 Å².